The van der Waals surface area contributed by atoms with E-state index >= 15 is 0 Å². The maximum absolute atomic E-state index is 12.6. The van der Waals surface area contributed by atoms with Crippen LogP contribution in [0.5, 0.6) is 11.5 Å². The number of amides is 1. The van der Waals surface area contributed by atoms with Crippen molar-refractivity contribution in [2.45, 2.75) is 19.7 Å². The molecule has 1 fully saturated rings. The Bertz CT molecular complexity index is 577. The van der Waals surface area contributed by atoms with Crippen LogP contribution in [0.25, 0.3) is 0 Å². The molecule has 0 aromatic heterocycles. The zero-order chi connectivity index (χ0) is 17.7. The Hall–Kier alpha value is -1.96. The number of likely N-dealkylation sites (tertiary alicyclic amines) is 1. The van der Waals surface area contributed by atoms with E-state index in [1.165, 1.54) is 24.1 Å². The van der Waals surface area contributed by atoms with E-state index in [4.69, 9.17) is 9.47 Å². The van der Waals surface area contributed by atoms with Crippen molar-refractivity contribution in [1.82, 2.24) is 4.90 Å². The molecule has 0 N–H and O–H groups in total. The molecular weight excluding hydrogens is 327 g/mol. The minimum absolute atomic E-state index is 0.163. The lowest BCUT2D eigenvalue weighted by Gasteiger charge is -2.20. The van der Waals surface area contributed by atoms with E-state index < -0.39 is 18.0 Å². The highest BCUT2D eigenvalue weighted by Gasteiger charge is 2.35. The molecule has 1 aromatic carbocycles. The molecule has 134 valence electrons. The van der Waals surface area contributed by atoms with Crippen LogP contribution in [-0.2, 0) is 4.74 Å². The Kier molecular flexibility index (Phi) is 5.93. The van der Waals surface area contributed by atoms with Crippen LogP contribution < -0.4 is 9.47 Å². The van der Waals surface area contributed by atoms with E-state index in [1.54, 1.807) is 0 Å². The van der Waals surface area contributed by atoms with Gasteiger partial charge in [-0.15, -0.1) is 13.2 Å². The zero-order valence-corrected chi connectivity index (χ0v) is 13.6. The van der Waals surface area contributed by atoms with E-state index in [1.807, 2.05) is 6.92 Å². The third-order valence-corrected chi connectivity index (χ3v) is 3.77. The van der Waals surface area contributed by atoms with Gasteiger partial charge in [0.05, 0.1) is 19.3 Å². The standard InChI is InChI=1S/C16H20F3NO4/c1-3-23-10-11-6-7-20(9-11)15(21)13-8-12(22-2)4-5-14(13)24-16(17,18)19/h4-5,8,11H,3,6-7,9-10H2,1-2H3/t11-/m1/s1. The number of nitrogens with zero attached hydrogens (tertiary/aromatic N) is 1. The number of carbonyl (C=O) groups excluding carboxylic acids is 1. The summed E-state index contributed by atoms with van der Waals surface area (Å²) >= 11 is 0. The number of benzene rings is 1. The monoisotopic (exact) mass is 347 g/mol. The van der Waals surface area contributed by atoms with Crippen LogP contribution in [0.4, 0.5) is 13.2 Å². The highest BCUT2D eigenvalue weighted by Crippen LogP contribution is 2.31. The van der Waals surface area contributed by atoms with E-state index in [0.717, 1.165) is 12.5 Å². The van der Waals surface area contributed by atoms with Gasteiger partial charge in [0.2, 0.25) is 0 Å². The molecule has 1 saturated heterocycles. The van der Waals surface area contributed by atoms with Gasteiger partial charge in [0, 0.05) is 25.6 Å². The fourth-order valence-electron chi connectivity index (χ4n) is 2.62. The number of rotatable bonds is 6. The fourth-order valence-corrected chi connectivity index (χ4v) is 2.62. The van der Waals surface area contributed by atoms with Gasteiger partial charge in [0.1, 0.15) is 11.5 Å². The third-order valence-electron chi connectivity index (χ3n) is 3.77. The molecule has 2 rings (SSSR count). The maximum atomic E-state index is 12.6. The van der Waals surface area contributed by atoms with Gasteiger partial charge in [0.25, 0.3) is 5.91 Å². The second-order valence-electron chi connectivity index (χ2n) is 5.48. The number of methoxy groups -OCH3 is 1. The predicted molar refractivity (Wildman–Crippen MR) is 80.2 cm³/mol. The van der Waals surface area contributed by atoms with E-state index in [2.05, 4.69) is 4.74 Å². The first-order chi connectivity index (χ1) is 11.3. The van der Waals surface area contributed by atoms with Crippen LogP contribution >= 0.6 is 0 Å². The smallest absolute Gasteiger partial charge is 0.497 e. The lowest BCUT2D eigenvalue weighted by molar-refractivity contribution is -0.274. The molecular formula is C16H20F3NO4. The Labute approximate surface area is 138 Å². The lowest BCUT2D eigenvalue weighted by atomic mass is 10.1. The quantitative estimate of drug-likeness (QED) is 0.793. The second-order valence-corrected chi connectivity index (χ2v) is 5.48. The summed E-state index contributed by atoms with van der Waals surface area (Å²) in [5.74, 6) is -0.557. The van der Waals surface area contributed by atoms with Crippen molar-refractivity contribution in [3.8, 4) is 11.5 Å². The molecule has 5 nitrogen and oxygen atoms in total. The van der Waals surface area contributed by atoms with Gasteiger partial charge >= 0.3 is 6.36 Å². The van der Waals surface area contributed by atoms with Crippen molar-refractivity contribution in [1.29, 1.82) is 0 Å². The Morgan fingerprint density at radius 1 is 1.38 bits per heavy atom. The highest BCUT2D eigenvalue weighted by molar-refractivity contribution is 5.97. The molecule has 0 aliphatic carbocycles. The third kappa shape index (κ3) is 4.77. The van der Waals surface area contributed by atoms with Gasteiger partial charge < -0.3 is 19.1 Å². The normalized spacial score (nSPS) is 17.9. The van der Waals surface area contributed by atoms with Crippen molar-refractivity contribution in [2.75, 3.05) is 33.4 Å². The molecule has 24 heavy (non-hydrogen) atoms. The van der Waals surface area contributed by atoms with E-state index in [-0.39, 0.29) is 17.2 Å². The van der Waals surface area contributed by atoms with Crippen molar-refractivity contribution < 1.29 is 32.2 Å². The molecule has 1 aliphatic rings. The minimum Gasteiger partial charge on any atom is -0.497 e. The number of alkyl halides is 3. The van der Waals surface area contributed by atoms with Gasteiger partial charge in [-0.2, -0.15) is 0 Å². The summed E-state index contributed by atoms with van der Waals surface area (Å²) in [6, 6.07) is 3.67. The van der Waals surface area contributed by atoms with Gasteiger partial charge in [-0.25, -0.2) is 0 Å². The average Bonchev–Trinajstić information content (AvgIpc) is 3.00. The SMILES string of the molecule is CCOC[C@@H]1CCN(C(=O)c2cc(OC)ccc2OC(F)(F)F)C1. The van der Waals surface area contributed by atoms with Gasteiger partial charge in [0.15, 0.2) is 0 Å². The Balaban J connectivity index is 2.18. The zero-order valence-electron chi connectivity index (χ0n) is 13.6. The molecule has 0 radical (unpaired) electrons. The largest absolute Gasteiger partial charge is 0.573 e. The average molecular weight is 347 g/mol. The number of carbonyl (C=O) groups is 1. The second kappa shape index (κ2) is 7.74. The minimum atomic E-state index is -4.87. The maximum Gasteiger partial charge on any atom is 0.573 e. The summed E-state index contributed by atoms with van der Waals surface area (Å²) in [5.41, 5.74) is -0.163. The topological polar surface area (TPSA) is 48.0 Å². The highest BCUT2D eigenvalue weighted by atomic mass is 19.4. The molecule has 0 spiro atoms. The molecule has 0 unspecified atom stereocenters. The van der Waals surface area contributed by atoms with E-state index in [0.29, 0.717) is 26.3 Å². The van der Waals surface area contributed by atoms with Crippen LogP contribution in [0.15, 0.2) is 18.2 Å². The fraction of sp³-hybridized carbons (Fsp3) is 0.562. The summed E-state index contributed by atoms with van der Waals surface area (Å²) < 4.78 is 52.0. The van der Waals surface area contributed by atoms with Crippen LogP contribution in [0.1, 0.15) is 23.7 Å². The van der Waals surface area contributed by atoms with Crippen molar-refractivity contribution in [3.63, 3.8) is 0 Å². The number of hydrogen-bond donors (Lipinski definition) is 0. The van der Waals surface area contributed by atoms with Gasteiger partial charge in [-0.3, -0.25) is 4.79 Å². The summed E-state index contributed by atoms with van der Waals surface area (Å²) in [4.78, 5) is 14.1. The molecule has 0 saturated carbocycles. The lowest BCUT2D eigenvalue weighted by Crippen LogP contribution is -2.30. The summed E-state index contributed by atoms with van der Waals surface area (Å²) in [6.45, 7) is 3.92. The van der Waals surface area contributed by atoms with Crippen LogP contribution in [0.3, 0.4) is 0 Å². The van der Waals surface area contributed by atoms with Crippen molar-refractivity contribution in [2.24, 2.45) is 5.92 Å². The molecule has 8 heteroatoms. The molecule has 1 heterocycles. The number of halogens is 3. The first-order valence-corrected chi connectivity index (χ1v) is 7.64. The first kappa shape index (κ1) is 18.4. The predicted octanol–water partition coefficient (Wildman–Crippen LogP) is 3.09. The van der Waals surface area contributed by atoms with Gasteiger partial charge in [-0.1, -0.05) is 0 Å². The number of hydrogen-bond acceptors (Lipinski definition) is 4. The summed E-state index contributed by atoms with van der Waals surface area (Å²) in [6.07, 6.45) is -4.11. The first-order valence-electron chi connectivity index (χ1n) is 7.64. The molecule has 1 aliphatic heterocycles. The molecule has 0 bridgehead atoms. The van der Waals surface area contributed by atoms with Crippen LogP contribution in [0.2, 0.25) is 0 Å². The summed E-state index contributed by atoms with van der Waals surface area (Å²) in [5, 5.41) is 0. The molecule has 1 amide bonds. The van der Waals surface area contributed by atoms with Crippen molar-refractivity contribution >= 4 is 5.91 Å². The van der Waals surface area contributed by atoms with Crippen molar-refractivity contribution in [3.05, 3.63) is 23.8 Å². The number of ether oxygens (including phenoxy) is 3. The van der Waals surface area contributed by atoms with Crippen LogP contribution in [-0.4, -0.2) is 50.6 Å². The van der Waals surface area contributed by atoms with Gasteiger partial charge in [-0.05, 0) is 31.5 Å². The Morgan fingerprint density at radius 2 is 2.12 bits per heavy atom. The van der Waals surface area contributed by atoms with E-state index in [9.17, 15) is 18.0 Å². The Morgan fingerprint density at radius 3 is 2.75 bits per heavy atom. The molecule has 1 atom stereocenters. The molecule has 1 aromatic rings. The summed E-state index contributed by atoms with van der Waals surface area (Å²) in [7, 11) is 1.38. The van der Waals surface area contributed by atoms with Crippen LogP contribution in [0, 0.1) is 5.92 Å².